The van der Waals surface area contributed by atoms with E-state index in [9.17, 15) is 92.6 Å². The lowest BCUT2D eigenvalue weighted by molar-refractivity contribution is -0.458. The lowest BCUT2D eigenvalue weighted by Gasteiger charge is -2.42. The van der Waals surface area contributed by atoms with Gasteiger partial charge in [-0.05, 0) is 47.5 Å². The number of carbonyl (C=O) groups excluding carboxylic acids is 2. The van der Waals surface area contributed by atoms with Gasteiger partial charge in [0.2, 0.25) is 6.79 Å². The minimum Gasteiger partial charge on any atom is -0.454 e. The molecule has 2 amide bonds. The standard InChI is InChI=1S/C31H17F17N2O7S/c32-24(33,26(36,37)28(40,41)30(44,45)46)25(34,35)27(38,39)29(42,43)31(47,48)58(53,54)57-16-8-6-15(7-9-16)21-22(51)49-18-4-2-1-3-17(18)23(52)50(21)12-14-5-10-19-20(11-14)56-13-55-19/h1-11,21H,12-13H2,(H,49,51). The number of hydrogen-bond donors (Lipinski definition) is 1. The fourth-order valence-electron chi connectivity index (χ4n) is 5.31. The van der Waals surface area contributed by atoms with Gasteiger partial charge in [0, 0.05) is 6.54 Å². The predicted molar refractivity (Wildman–Crippen MR) is 157 cm³/mol. The molecule has 2 aliphatic heterocycles. The van der Waals surface area contributed by atoms with E-state index in [1.54, 1.807) is 0 Å². The zero-order valence-corrected chi connectivity index (χ0v) is 28.3. The van der Waals surface area contributed by atoms with Crippen molar-refractivity contribution in [3.05, 3.63) is 83.4 Å². The molecule has 0 fully saturated rings. The van der Waals surface area contributed by atoms with Gasteiger partial charge < -0.3 is 23.9 Å². The normalized spacial score (nSPS) is 17.5. The van der Waals surface area contributed by atoms with Crippen LogP contribution in [0.4, 0.5) is 80.3 Å². The van der Waals surface area contributed by atoms with Crippen LogP contribution in [0.1, 0.15) is 27.5 Å². The summed E-state index contributed by atoms with van der Waals surface area (Å²) >= 11 is 0. The maximum atomic E-state index is 14.6. The summed E-state index contributed by atoms with van der Waals surface area (Å²) in [5.74, 6) is -55.5. The second kappa shape index (κ2) is 13.7. The number of carbonyl (C=O) groups is 2. The zero-order valence-electron chi connectivity index (χ0n) is 27.5. The van der Waals surface area contributed by atoms with Gasteiger partial charge in [0.05, 0.1) is 11.3 Å². The van der Waals surface area contributed by atoms with Crippen molar-refractivity contribution in [2.75, 3.05) is 12.1 Å². The first-order valence-electron chi connectivity index (χ1n) is 15.1. The maximum absolute atomic E-state index is 14.6. The molecule has 27 heteroatoms. The first-order chi connectivity index (χ1) is 26.3. The number of benzene rings is 3. The Hall–Kier alpha value is -5.24. The minimum absolute atomic E-state index is 0.0252. The van der Waals surface area contributed by atoms with E-state index in [1.807, 2.05) is 0 Å². The Kier molecular flexibility index (Phi) is 10.3. The van der Waals surface area contributed by atoms with Gasteiger partial charge in [-0.1, -0.05) is 30.3 Å². The van der Waals surface area contributed by atoms with E-state index in [1.165, 1.54) is 42.5 Å². The molecule has 1 atom stereocenters. The number of nitrogens with zero attached hydrogens (tertiary/aromatic N) is 1. The first-order valence-corrected chi connectivity index (χ1v) is 16.5. The van der Waals surface area contributed by atoms with Crippen LogP contribution in [0.3, 0.4) is 0 Å². The average Bonchev–Trinajstić information content (AvgIpc) is 3.55. The molecule has 0 bridgehead atoms. The summed E-state index contributed by atoms with van der Waals surface area (Å²) < 4.78 is 271. The molecule has 58 heavy (non-hydrogen) atoms. The molecule has 0 saturated heterocycles. The van der Waals surface area contributed by atoms with Crippen molar-refractivity contribution in [1.29, 1.82) is 0 Å². The van der Waals surface area contributed by atoms with Gasteiger partial charge in [-0.15, -0.1) is 0 Å². The van der Waals surface area contributed by atoms with Crippen LogP contribution in [-0.4, -0.2) is 78.9 Å². The Morgan fingerprint density at radius 3 is 1.74 bits per heavy atom. The number of nitrogens with one attached hydrogen (secondary N) is 1. The molecule has 0 aromatic heterocycles. The average molecular weight is 885 g/mol. The van der Waals surface area contributed by atoms with E-state index in [-0.39, 0.29) is 41.5 Å². The van der Waals surface area contributed by atoms with Gasteiger partial charge in [-0.2, -0.15) is 83.1 Å². The van der Waals surface area contributed by atoms with Crippen LogP contribution in [0.2, 0.25) is 0 Å². The maximum Gasteiger partial charge on any atom is 0.460 e. The van der Waals surface area contributed by atoms with Crippen molar-refractivity contribution in [2.45, 2.75) is 59.6 Å². The second-order valence-corrected chi connectivity index (χ2v) is 13.7. The van der Waals surface area contributed by atoms with E-state index in [4.69, 9.17) is 9.47 Å². The van der Waals surface area contributed by atoms with Crippen LogP contribution in [-0.2, 0) is 21.5 Å². The molecule has 1 N–H and O–H groups in total. The molecule has 0 aliphatic carbocycles. The molecule has 9 nitrogen and oxygen atoms in total. The van der Waals surface area contributed by atoms with E-state index in [0.717, 1.165) is 4.90 Å². The highest BCUT2D eigenvalue weighted by molar-refractivity contribution is 7.88. The molecule has 0 radical (unpaired) electrons. The molecule has 3 aromatic rings. The SMILES string of the molecule is O=C1Nc2ccccc2C(=O)N(Cc2ccc3c(c2)OCO3)C1c1ccc(OS(=O)(=O)C(F)(F)C(F)(F)C(F)(F)C(F)(F)C(F)(F)C(F)(F)C(F)(F)C(F)(F)F)cc1. The number of ether oxygens (including phenoxy) is 2. The highest BCUT2D eigenvalue weighted by Crippen LogP contribution is 2.64. The van der Waals surface area contributed by atoms with E-state index < -0.39 is 87.2 Å². The number of para-hydroxylation sites is 1. The van der Waals surface area contributed by atoms with Crippen LogP contribution >= 0.6 is 0 Å². The molecular weight excluding hydrogens is 867 g/mol. The van der Waals surface area contributed by atoms with E-state index >= 15 is 0 Å². The molecule has 5 rings (SSSR count). The number of amides is 2. The fraction of sp³-hybridized carbons (Fsp3) is 0.355. The Morgan fingerprint density at radius 1 is 0.655 bits per heavy atom. The summed E-state index contributed by atoms with van der Waals surface area (Å²) in [4.78, 5) is 28.2. The Bertz CT molecular complexity index is 2220. The first kappa shape index (κ1) is 43.9. The summed E-state index contributed by atoms with van der Waals surface area (Å²) in [6, 6.07) is 9.70. The van der Waals surface area contributed by atoms with E-state index in [2.05, 4.69) is 9.50 Å². The lowest BCUT2D eigenvalue weighted by atomic mass is 9.91. The van der Waals surface area contributed by atoms with Crippen LogP contribution in [0.5, 0.6) is 17.2 Å². The topological polar surface area (TPSA) is 111 Å². The largest absolute Gasteiger partial charge is 0.460 e. The van der Waals surface area contributed by atoms with Gasteiger partial charge in [0.15, 0.2) is 11.5 Å². The van der Waals surface area contributed by atoms with Crippen LogP contribution < -0.4 is 19.0 Å². The molecule has 2 heterocycles. The number of anilines is 1. The summed E-state index contributed by atoms with van der Waals surface area (Å²) in [6.45, 7) is -0.572. The highest BCUT2D eigenvalue weighted by Gasteiger charge is 2.96. The molecule has 318 valence electrons. The van der Waals surface area contributed by atoms with Crippen LogP contribution in [0.25, 0.3) is 0 Å². The van der Waals surface area contributed by atoms with Crippen molar-refractivity contribution in [1.82, 2.24) is 4.90 Å². The van der Waals surface area contributed by atoms with Crippen molar-refractivity contribution < 1.29 is 106 Å². The fourth-order valence-corrected chi connectivity index (χ4v) is 6.23. The molecule has 2 aliphatic rings. The summed E-state index contributed by atoms with van der Waals surface area (Å²) in [5, 5.41) is -5.49. The molecule has 1 unspecified atom stereocenters. The van der Waals surface area contributed by atoms with Crippen molar-refractivity contribution in [3.63, 3.8) is 0 Å². The lowest BCUT2D eigenvalue weighted by Crippen LogP contribution is -2.75. The number of rotatable bonds is 12. The van der Waals surface area contributed by atoms with Crippen molar-refractivity contribution >= 4 is 27.6 Å². The third kappa shape index (κ3) is 6.43. The Labute approximate surface area is 311 Å². The zero-order chi connectivity index (χ0) is 43.9. The quantitative estimate of drug-likeness (QED) is 0.144. The van der Waals surface area contributed by atoms with Crippen molar-refractivity contribution in [3.8, 4) is 17.2 Å². The van der Waals surface area contributed by atoms with Gasteiger partial charge >= 0.3 is 57.1 Å². The number of halogens is 17. The number of alkyl halides is 17. The van der Waals surface area contributed by atoms with E-state index in [0.29, 0.717) is 23.4 Å². The third-order valence-electron chi connectivity index (χ3n) is 8.44. The smallest absolute Gasteiger partial charge is 0.454 e. The van der Waals surface area contributed by atoms with Crippen LogP contribution in [0.15, 0.2) is 66.7 Å². The van der Waals surface area contributed by atoms with Gasteiger partial charge in [0.1, 0.15) is 11.8 Å². The van der Waals surface area contributed by atoms with Crippen molar-refractivity contribution in [2.24, 2.45) is 0 Å². The summed E-state index contributed by atoms with van der Waals surface area (Å²) in [7, 11) is -7.93. The molecule has 3 aromatic carbocycles. The van der Waals surface area contributed by atoms with Gasteiger partial charge in [-0.3, -0.25) is 9.59 Å². The highest BCUT2D eigenvalue weighted by atomic mass is 32.2. The second-order valence-electron chi connectivity index (χ2n) is 12.1. The van der Waals surface area contributed by atoms with Crippen LogP contribution in [0, 0.1) is 0 Å². The number of fused-ring (bicyclic) bond motifs is 2. The monoisotopic (exact) mass is 884 g/mol. The number of hydrogen-bond acceptors (Lipinski definition) is 7. The summed E-state index contributed by atoms with van der Waals surface area (Å²) in [5.41, 5.74) is -0.151. The third-order valence-corrected chi connectivity index (χ3v) is 9.73. The summed E-state index contributed by atoms with van der Waals surface area (Å²) in [6.07, 6.45) is -7.96. The predicted octanol–water partition coefficient (Wildman–Crippen LogP) is 8.43. The molecule has 0 spiro atoms. The Morgan fingerprint density at radius 2 is 1.17 bits per heavy atom. The minimum atomic E-state index is -9.01. The van der Waals surface area contributed by atoms with Gasteiger partial charge in [0.25, 0.3) is 11.8 Å². The molecular formula is C31H17F17N2O7S. The Balaban J connectivity index is 1.46. The van der Waals surface area contributed by atoms with Gasteiger partial charge in [-0.25, -0.2) is 0 Å². The molecule has 0 saturated carbocycles.